The van der Waals surface area contributed by atoms with E-state index in [-0.39, 0.29) is 12.0 Å². The monoisotopic (exact) mass is 524 g/mol. The standard InChI is InChI=1S/C27H36N6O3S/c1-4-15-33(18-19-12-13-19)24-17-21(16-23(29-24)32(2)37(3,34)35)26-30-31-27(36-26)25-22(11-8-14-28-25)20-9-6-5-7-10-20/h5-7,9-10,16-17,19,22,25,28H,4,8,11-15,18H2,1-3H3/t22-,25-/m1/s1. The molecule has 9 nitrogen and oxygen atoms in total. The highest BCUT2D eigenvalue weighted by molar-refractivity contribution is 7.92. The van der Waals surface area contributed by atoms with Crippen molar-refractivity contribution in [1.82, 2.24) is 20.5 Å². The first kappa shape index (κ1) is 25.7. The number of pyridine rings is 1. The molecule has 2 aliphatic rings. The first-order valence-electron chi connectivity index (χ1n) is 13.2. The van der Waals surface area contributed by atoms with Crippen LogP contribution in [0.4, 0.5) is 11.6 Å². The Kier molecular flexibility index (Phi) is 7.48. The number of nitrogens with one attached hydrogen (secondary N) is 1. The van der Waals surface area contributed by atoms with Crippen molar-refractivity contribution in [3.05, 3.63) is 53.9 Å². The van der Waals surface area contributed by atoms with Crippen molar-refractivity contribution in [3.63, 3.8) is 0 Å². The van der Waals surface area contributed by atoms with Crippen molar-refractivity contribution >= 4 is 21.7 Å². The van der Waals surface area contributed by atoms with Crippen LogP contribution in [-0.2, 0) is 10.0 Å². The van der Waals surface area contributed by atoms with Gasteiger partial charge in [0.1, 0.15) is 11.6 Å². The zero-order valence-electron chi connectivity index (χ0n) is 21.8. The van der Waals surface area contributed by atoms with E-state index in [1.807, 2.05) is 12.1 Å². The maximum atomic E-state index is 12.4. The molecule has 5 rings (SSSR count). The molecule has 0 radical (unpaired) electrons. The van der Waals surface area contributed by atoms with Crippen molar-refractivity contribution in [2.75, 3.05) is 42.1 Å². The molecular weight excluding hydrogens is 488 g/mol. The minimum Gasteiger partial charge on any atom is -0.419 e. The van der Waals surface area contributed by atoms with Crippen LogP contribution in [0.15, 0.2) is 46.9 Å². The Morgan fingerprint density at radius 1 is 1.08 bits per heavy atom. The molecule has 198 valence electrons. The number of rotatable bonds is 10. The summed E-state index contributed by atoms with van der Waals surface area (Å²) in [5, 5.41) is 12.4. The third-order valence-electron chi connectivity index (χ3n) is 7.25. The van der Waals surface area contributed by atoms with E-state index in [1.165, 1.54) is 36.0 Å². The van der Waals surface area contributed by atoms with Crippen molar-refractivity contribution in [1.29, 1.82) is 0 Å². The molecule has 1 saturated carbocycles. The number of piperidine rings is 1. The normalized spacial score (nSPS) is 20.1. The second-order valence-corrected chi connectivity index (χ2v) is 12.2. The van der Waals surface area contributed by atoms with Gasteiger partial charge in [0.05, 0.1) is 12.3 Å². The Morgan fingerprint density at radius 3 is 2.54 bits per heavy atom. The summed E-state index contributed by atoms with van der Waals surface area (Å²) in [6.45, 7) is 4.78. The molecule has 3 heterocycles. The van der Waals surface area contributed by atoms with Crippen LogP contribution >= 0.6 is 0 Å². The van der Waals surface area contributed by atoms with E-state index in [9.17, 15) is 8.42 Å². The molecule has 1 aromatic carbocycles. The topological polar surface area (TPSA) is 104 Å². The summed E-state index contributed by atoms with van der Waals surface area (Å²) in [6, 6.07) is 14.0. The number of anilines is 2. The molecule has 37 heavy (non-hydrogen) atoms. The minimum atomic E-state index is -3.49. The molecule has 0 amide bonds. The Hall–Kier alpha value is -2.98. The fourth-order valence-corrected chi connectivity index (χ4v) is 5.42. The molecule has 0 unspecified atom stereocenters. The Bertz CT molecular complexity index is 1310. The van der Waals surface area contributed by atoms with Gasteiger partial charge < -0.3 is 14.6 Å². The Balaban J connectivity index is 1.51. The highest BCUT2D eigenvalue weighted by Gasteiger charge is 2.32. The van der Waals surface area contributed by atoms with Crippen LogP contribution in [-0.4, -0.2) is 56.5 Å². The summed E-state index contributed by atoms with van der Waals surface area (Å²) in [7, 11) is -1.97. The first-order chi connectivity index (χ1) is 17.8. The van der Waals surface area contributed by atoms with Crippen molar-refractivity contribution in [3.8, 4) is 11.5 Å². The molecule has 1 N–H and O–H groups in total. The highest BCUT2D eigenvalue weighted by atomic mass is 32.2. The van der Waals surface area contributed by atoms with Crippen molar-refractivity contribution in [2.24, 2.45) is 5.92 Å². The predicted molar refractivity (Wildman–Crippen MR) is 145 cm³/mol. The van der Waals surface area contributed by atoms with Gasteiger partial charge in [-0.2, -0.15) is 0 Å². The predicted octanol–water partition coefficient (Wildman–Crippen LogP) is 4.36. The number of hydrogen-bond acceptors (Lipinski definition) is 8. The zero-order valence-corrected chi connectivity index (χ0v) is 22.6. The summed E-state index contributed by atoms with van der Waals surface area (Å²) < 4.78 is 32.2. The smallest absolute Gasteiger partial charge is 0.248 e. The molecular formula is C27H36N6O3S. The summed E-state index contributed by atoms with van der Waals surface area (Å²) in [4.78, 5) is 6.99. The van der Waals surface area contributed by atoms with E-state index in [1.54, 1.807) is 6.07 Å². The van der Waals surface area contributed by atoms with Crippen LogP contribution in [0.3, 0.4) is 0 Å². The zero-order chi connectivity index (χ0) is 26.0. The van der Waals surface area contributed by atoms with Crippen LogP contribution in [0.5, 0.6) is 0 Å². The molecule has 1 saturated heterocycles. The van der Waals surface area contributed by atoms with E-state index in [0.29, 0.717) is 29.1 Å². The lowest BCUT2D eigenvalue weighted by Gasteiger charge is -2.30. The maximum Gasteiger partial charge on any atom is 0.248 e. The Morgan fingerprint density at radius 2 is 1.84 bits per heavy atom. The second-order valence-electron chi connectivity index (χ2n) is 10.2. The first-order valence-corrected chi connectivity index (χ1v) is 15.0. The average Bonchev–Trinajstić information content (AvgIpc) is 3.59. The van der Waals surface area contributed by atoms with E-state index < -0.39 is 10.0 Å². The second kappa shape index (κ2) is 10.8. The van der Waals surface area contributed by atoms with E-state index >= 15 is 0 Å². The van der Waals surface area contributed by atoms with E-state index in [2.05, 4.69) is 51.6 Å². The molecule has 2 atom stereocenters. The molecule has 2 fully saturated rings. The van der Waals surface area contributed by atoms with Crippen LogP contribution in [0.25, 0.3) is 11.5 Å². The minimum absolute atomic E-state index is 0.0803. The summed E-state index contributed by atoms with van der Waals surface area (Å²) in [6.07, 6.45) is 6.71. The SMILES string of the molecule is CCCN(CC1CC1)c1cc(-c2nnc([C@@H]3NCCC[C@@H]3c3ccccc3)o2)cc(N(C)S(C)(=O)=O)n1. The molecule has 1 aliphatic carbocycles. The molecule has 10 heteroatoms. The van der Waals surface area contributed by atoms with Gasteiger partial charge in [0.15, 0.2) is 0 Å². The van der Waals surface area contributed by atoms with Crippen molar-refractivity contribution < 1.29 is 12.8 Å². The van der Waals surface area contributed by atoms with Crippen LogP contribution in [0.2, 0.25) is 0 Å². The summed E-state index contributed by atoms with van der Waals surface area (Å²) in [5.41, 5.74) is 1.91. The van der Waals surface area contributed by atoms with Crippen LogP contribution in [0.1, 0.15) is 62.4 Å². The van der Waals surface area contributed by atoms with Gasteiger partial charge in [0.2, 0.25) is 21.8 Å². The van der Waals surface area contributed by atoms with Crippen LogP contribution < -0.4 is 14.5 Å². The van der Waals surface area contributed by atoms with E-state index in [0.717, 1.165) is 44.7 Å². The average molecular weight is 525 g/mol. The van der Waals surface area contributed by atoms with Gasteiger partial charge in [-0.15, -0.1) is 10.2 Å². The largest absolute Gasteiger partial charge is 0.419 e. The number of benzene rings is 1. The molecule has 0 bridgehead atoms. The van der Waals surface area contributed by atoms with Gasteiger partial charge in [0.25, 0.3) is 0 Å². The van der Waals surface area contributed by atoms with Gasteiger partial charge in [-0.3, -0.25) is 4.31 Å². The highest BCUT2D eigenvalue weighted by Crippen LogP contribution is 2.38. The summed E-state index contributed by atoms with van der Waals surface area (Å²) in [5.74, 6) is 2.88. The number of sulfonamides is 1. The van der Waals surface area contributed by atoms with Crippen molar-refractivity contribution in [2.45, 2.75) is 51.0 Å². The number of hydrogen-bond donors (Lipinski definition) is 1. The fraction of sp³-hybridized carbons (Fsp3) is 0.519. The number of aromatic nitrogens is 3. The third-order valence-corrected chi connectivity index (χ3v) is 8.43. The van der Waals surface area contributed by atoms with E-state index in [4.69, 9.17) is 9.40 Å². The molecule has 1 aliphatic heterocycles. The van der Waals surface area contributed by atoms with Crippen LogP contribution in [0, 0.1) is 5.92 Å². The lowest BCUT2D eigenvalue weighted by atomic mass is 9.85. The Labute approximate surface area is 219 Å². The molecule has 0 spiro atoms. The fourth-order valence-electron chi connectivity index (χ4n) is 4.98. The lowest BCUT2D eigenvalue weighted by molar-refractivity contribution is 0.303. The third kappa shape index (κ3) is 5.96. The van der Waals surface area contributed by atoms with Gasteiger partial charge >= 0.3 is 0 Å². The van der Waals surface area contributed by atoms with Gasteiger partial charge in [0, 0.05) is 31.6 Å². The molecule has 2 aromatic heterocycles. The van der Waals surface area contributed by atoms with Gasteiger partial charge in [-0.05, 0) is 62.3 Å². The summed E-state index contributed by atoms with van der Waals surface area (Å²) >= 11 is 0. The quantitative estimate of drug-likeness (QED) is 0.417. The molecule has 3 aromatic rings. The van der Waals surface area contributed by atoms with Gasteiger partial charge in [-0.25, -0.2) is 13.4 Å². The lowest BCUT2D eigenvalue weighted by Crippen LogP contribution is -2.33. The van der Waals surface area contributed by atoms with Gasteiger partial charge in [-0.1, -0.05) is 37.3 Å². The maximum absolute atomic E-state index is 12.4. The number of nitrogens with zero attached hydrogens (tertiary/aromatic N) is 5.